The summed E-state index contributed by atoms with van der Waals surface area (Å²) in [5.41, 5.74) is 1.25. The molecule has 0 aliphatic heterocycles. The SMILES string of the molecule is FC(F)(F)c1ccccc1-c1cn2ncsc2n1. The molecular formula is C11H6F3N3S. The molecule has 0 spiro atoms. The molecule has 7 heteroatoms. The van der Waals surface area contributed by atoms with Crippen LogP contribution in [0, 0.1) is 0 Å². The van der Waals surface area contributed by atoms with Crippen molar-refractivity contribution in [3.05, 3.63) is 41.5 Å². The Hall–Kier alpha value is -1.89. The number of hydrogen-bond acceptors (Lipinski definition) is 3. The fourth-order valence-electron chi connectivity index (χ4n) is 1.72. The van der Waals surface area contributed by atoms with E-state index in [2.05, 4.69) is 10.1 Å². The summed E-state index contributed by atoms with van der Waals surface area (Å²) in [4.78, 5) is 4.71. The van der Waals surface area contributed by atoms with Crippen LogP contribution < -0.4 is 0 Å². The monoisotopic (exact) mass is 269 g/mol. The van der Waals surface area contributed by atoms with E-state index < -0.39 is 11.7 Å². The number of aromatic nitrogens is 3. The number of imidazole rings is 1. The standard InChI is InChI=1S/C11H6F3N3S/c12-11(13,14)8-4-2-1-3-7(8)9-5-17-10(16-9)18-6-15-17/h1-6H. The van der Waals surface area contributed by atoms with Crippen LogP contribution in [0.5, 0.6) is 0 Å². The van der Waals surface area contributed by atoms with Crippen molar-refractivity contribution in [3.63, 3.8) is 0 Å². The number of nitrogens with zero attached hydrogens (tertiary/aromatic N) is 3. The van der Waals surface area contributed by atoms with Gasteiger partial charge in [-0.1, -0.05) is 29.5 Å². The number of halogens is 3. The van der Waals surface area contributed by atoms with Gasteiger partial charge in [0.05, 0.1) is 17.5 Å². The fourth-order valence-corrected chi connectivity index (χ4v) is 2.32. The van der Waals surface area contributed by atoms with Gasteiger partial charge in [-0.25, -0.2) is 9.50 Å². The molecule has 92 valence electrons. The number of fused-ring (bicyclic) bond motifs is 1. The second kappa shape index (κ2) is 3.81. The van der Waals surface area contributed by atoms with Crippen LogP contribution in [0.3, 0.4) is 0 Å². The lowest BCUT2D eigenvalue weighted by Gasteiger charge is -2.10. The van der Waals surface area contributed by atoms with Gasteiger partial charge in [-0.05, 0) is 6.07 Å². The predicted molar refractivity (Wildman–Crippen MR) is 61.3 cm³/mol. The van der Waals surface area contributed by atoms with Crippen molar-refractivity contribution in [2.75, 3.05) is 0 Å². The van der Waals surface area contributed by atoms with Crippen LogP contribution in [-0.2, 0) is 6.18 Å². The van der Waals surface area contributed by atoms with Gasteiger partial charge >= 0.3 is 6.18 Å². The molecule has 0 aliphatic carbocycles. The van der Waals surface area contributed by atoms with Gasteiger partial charge in [0.1, 0.15) is 5.51 Å². The van der Waals surface area contributed by atoms with Crippen LogP contribution >= 0.6 is 11.3 Å². The van der Waals surface area contributed by atoms with Crippen molar-refractivity contribution in [2.24, 2.45) is 0 Å². The maximum atomic E-state index is 12.9. The molecule has 0 atom stereocenters. The van der Waals surface area contributed by atoms with E-state index >= 15 is 0 Å². The second-order valence-electron chi connectivity index (χ2n) is 3.64. The molecule has 3 nitrogen and oxygen atoms in total. The average molecular weight is 269 g/mol. The summed E-state index contributed by atoms with van der Waals surface area (Å²) < 4.78 is 40.1. The predicted octanol–water partition coefficient (Wildman–Crippen LogP) is 3.48. The minimum atomic E-state index is -4.39. The Bertz CT molecular complexity index is 670. The molecule has 3 aromatic rings. The van der Waals surface area contributed by atoms with Gasteiger partial charge in [0.2, 0.25) is 4.96 Å². The highest BCUT2D eigenvalue weighted by Crippen LogP contribution is 2.36. The van der Waals surface area contributed by atoms with Crippen molar-refractivity contribution in [3.8, 4) is 11.3 Å². The Morgan fingerprint density at radius 1 is 1.17 bits per heavy atom. The van der Waals surface area contributed by atoms with Gasteiger partial charge in [-0.3, -0.25) is 0 Å². The van der Waals surface area contributed by atoms with Crippen molar-refractivity contribution in [1.82, 2.24) is 14.6 Å². The summed E-state index contributed by atoms with van der Waals surface area (Å²) in [5.74, 6) is 0. The zero-order valence-corrected chi connectivity index (χ0v) is 9.66. The van der Waals surface area contributed by atoms with E-state index in [1.54, 1.807) is 11.6 Å². The highest BCUT2D eigenvalue weighted by Gasteiger charge is 2.33. The number of rotatable bonds is 1. The number of hydrogen-bond donors (Lipinski definition) is 0. The van der Waals surface area contributed by atoms with E-state index in [1.807, 2.05) is 0 Å². The van der Waals surface area contributed by atoms with Gasteiger partial charge in [-0.15, -0.1) is 0 Å². The summed E-state index contributed by atoms with van der Waals surface area (Å²) in [6.07, 6.45) is -2.89. The molecule has 2 aromatic heterocycles. The Kier molecular flexibility index (Phi) is 2.37. The fraction of sp³-hybridized carbons (Fsp3) is 0.0909. The van der Waals surface area contributed by atoms with Gasteiger partial charge in [-0.2, -0.15) is 18.3 Å². The highest BCUT2D eigenvalue weighted by atomic mass is 32.1. The second-order valence-corrected chi connectivity index (χ2v) is 4.45. The van der Waals surface area contributed by atoms with Crippen LogP contribution in [0.25, 0.3) is 16.2 Å². The van der Waals surface area contributed by atoms with Gasteiger partial charge in [0, 0.05) is 5.56 Å². The first-order valence-corrected chi connectivity index (χ1v) is 5.89. The summed E-state index contributed by atoms with van der Waals surface area (Å²) >= 11 is 1.28. The largest absolute Gasteiger partial charge is 0.417 e. The molecule has 18 heavy (non-hydrogen) atoms. The van der Waals surface area contributed by atoms with Crippen LogP contribution in [0.15, 0.2) is 36.0 Å². The van der Waals surface area contributed by atoms with Gasteiger partial charge in [0.15, 0.2) is 0 Å². The number of benzene rings is 1. The molecule has 0 saturated heterocycles. The molecule has 3 rings (SSSR count). The lowest BCUT2D eigenvalue weighted by molar-refractivity contribution is -0.137. The lowest BCUT2D eigenvalue weighted by atomic mass is 10.1. The van der Waals surface area contributed by atoms with Crippen molar-refractivity contribution >= 4 is 16.3 Å². The Labute approximate surface area is 104 Å². The molecule has 0 amide bonds. The number of alkyl halides is 3. The van der Waals surface area contributed by atoms with Gasteiger partial charge < -0.3 is 0 Å². The summed E-state index contributed by atoms with van der Waals surface area (Å²) in [6.45, 7) is 0. The molecule has 0 saturated carbocycles. The third-order valence-corrected chi connectivity index (χ3v) is 3.18. The molecule has 0 unspecified atom stereocenters. The topological polar surface area (TPSA) is 30.2 Å². The third-order valence-electron chi connectivity index (χ3n) is 2.49. The normalized spacial score (nSPS) is 12.2. The van der Waals surface area contributed by atoms with Crippen LogP contribution in [0.4, 0.5) is 13.2 Å². The molecule has 0 N–H and O–H groups in total. The first-order valence-electron chi connectivity index (χ1n) is 5.01. The first kappa shape index (κ1) is 11.2. The van der Waals surface area contributed by atoms with E-state index in [-0.39, 0.29) is 11.3 Å². The summed E-state index contributed by atoms with van der Waals surface area (Å²) in [6, 6.07) is 5.39. The molecule has 0 fully saturated rings. The molecule has 0 aliphatic rings. The third kappa shape index (κ3) is 1.76. The van der Waals surface area contributed by atoms with E-state index in [9.17, 15) is 13.2 Å². The van der Waals surface area contributed by atoms with Crippen molar-refractivity contribution in [1.29, 1.82) is 0 Å². The smallest absolute Gasteiger partial charge is 0.217 e. The maximum Gasteiger partial charge on any atom is 0.417 e. The van der Waals surface area contributed by atoms with Gasteiger partial charge in [0.25, 0.3) is 0 Å². The zero-order valence-electron chi connectivity index (χ0n) is 8.85. The Morgan fingerprint density at radius 2 is 1.94 bits per heavy atom. The minimum absolute atomic E-state index is 0.0719. The molecule has 0 radical (unpaired) electrons. The van der Waals surface area contributed by atoms with Crippen LogP contribution in [-0.4, -0.2) is 14.6 Å². The quantitative estimate of drug-likeness (QED) is 0.677. The van der Waals surface area contributed by atoms with Crippen molar-refractivity contribution < 1.29 is 13.2 Å². The molecule has 0 bridgehead atoms. The summed E-state index contributed by atoms with van der Waals surface area (Å²) in [5, 5.41) is 3.95. The zero-order chi connectivity index (χ0) is 12.8. The average Bonchev–Trinajstić information content (AvgIpc) is 2.87. The first-order chi connectivity index (χ1) is 8.55. The Morgan fingerprint density at radius 3 is 2.67 bits per heavy atom. The summed E-state index contributed by atoms with van der Waals surface area (Å²) in [7, 11) is 0. The molecular weight excluding hydrogens is 263 g/mol. The molecule has 1 aromatic carbocycles. The van der Waals surface area contributed by atoms with E-state index in [4.69, 9.17) is 0 Å². The van der Waals surface area contributed by atoms with E-state index in [1.165, 1.54) is 34.2 Å². The van der Waals surface area contributed by atoms with E-state index in [0.717, 1.165) is 6.07 Å². The molecule has 2 heterocycles. The Balaban J connectivity index is 2.20. The van der Waals surface area contributed by atoms with E-state index in [0.29, 0.717) is 4.96 Å². The maximum absolute atomic E-state index is 12.9. The minimum Gasteiger partial charge on any atom is -0.217 e. The van der Waals surface area contributed by atoms with Crippen LogP contribution in [0.2, 0.25) is 0 Å². The lowest BCUT2D eigenvalue weighted by Crippen LogP contribution is -2.06. The van der Waals surface area contributed by atoms with Crippen LogP contribution in [0.1, 0.15) is 5.56 Å². The van der Waals surface area contributed by atoms with Crippen molar-refractivity contribution in [2.45, 2.75) is 6.18 Å². The highest BCUT2D eigenvalue weighted by molar-refractivity contribution is 7.14.